The molecule has 0 spiro atoms. The van der Waals surface area contributed by atoms with Crippen LogP contribution < -0.4 is 4.90 Å². The first kappa shape index (κ1) is 23.1. The SMILES string of the molecule is O=C1[C@@H]2[C@@H](C(=O)N1c1cccc3ccccc13)C1c3ccccc3C2(C=NCc2ccccc2)c2ccccc21. The van der Waals surface area contributed by atoms with E-state index in [2.05, 4.69) is 36.4 Å². The molecule has 2 atom stereocenters. The fraction of sp³-hybridized carbons (Fsp3) is 0.139. The highest BCUT2D eigenvalue weighted by Crippen LogP contribution is 2.63. The smallest absolute Gasteiger partial charge is 0.239 e. The summed E-state index contributed by atoms with van der Waals surface area (Å²) in [6, 6.07) is 40.6. The van der Waals surface area contributed by atoms with Crippen LogP contribution in [0, 0.1) is 11.8 Å². The van der Waals surface area contributed by atoms with Crippen molar-refractivity contribution in [2.24, 2.45) is 16.8 Å². The Kier molecular flexibility index (Phi) is 4.96. The predicted molar refractivity (Wildman–Crippen MR) is 158 cm³/mol. The summed E-state index contributed by atoms with van der Waals surface area (Å²) in [6.45, 7) is 0.503. The van der Waals surface area contributed by atoms with E-state index in [9.17, 15) is 9.59 Å². The van der Waals surface area contributed by atoms with Gasteiger partial charge in [0.2, 0.25) is 11.8 Å². The lowest BCUT2D eigenvalue weighted by Gasteiger charge is -2.52. The fourth-order valence-electron chi connectivity index (χ4n) is 7.57. The average molecular weight is 519 g/mol. The highest BCUT2D eigenvalue weighted by Gasteiger charge is 2.68. The first-order valence-corrected chi connectivity index (χ1v) is 13.8. The van der Waals surface area contributed by atoms with E-state index < -0.39 is 17.3 Å². The Balaban J connectivity index is 1.36. The Bertz CT molecular complexity index is 1810. The molecule has 1 saturated heterocycles. The van der Waals surface area contributed by atoms with Crippen LogP contribution in [0.5, 0.6) is 0 Å². The van der Waals surface area contributed by atoms with Gasteiger partial charge in [0.05, 0.1) is 29.5 Å². The van der Waals surface area contributed by atoms with E-state index >= 15 is 0 Å². The van der Waals surface area contributed by atoms with E-state index in [0.717, 1.165) is 38.6 Å². The average Bonchev–Trinajstić information content (AvgIpc) is 3.28. The van der Waals surface area contributed by atoms with Crippen LogP contribution in [0.1, 0.15) is 33.7 Å². The summed E-state index contributed by atoms with van der Waals surface area (Å²) in [5, 5.41) is 1.91. The van der Waals surface area contributed by atoms with Gasteiger partial charge in [-0.15, -0.1) is 0 Å². The molecule has 1 heterocycles. The van der Waals surface area contributed by atoms with Gasteiger partial charge in [0.15, 0.2) is 0 Å². The number of fused-ring (bicyclic) bond motifs is 1. The molecule has 4 aliphatic rings. The number of hydrogen-bond acceptors (Lipinski definition) is 3. The molecule has 3 aliphatic carbocycles. The highest BCUT2D eigenvalue weighted by atomic mass is 16.2. The molecule has 0 unspecified atom stereocenters. The number of hydrogen-bond donors (Lipinski definition) is 0. The maximum absolute atomic E-state index is 14.7. The van der Waals surface area contributed by atoms with Crippen LogP contribution in [0.4, 0.5) is 5.69 Å². The van der Waals surface area contributed by atoms with E-state index in [1.165, 1.54) is 4.90 Å². The number of rotatable bonds is 4. The molecule has 1 fully saturated rings. The maximum atomic E-state index is 14.7. The van der Waals surface area contributed by atoms with Crippen LogP contribution in [-0.2, 0) is 21.5 Å². The Hall–Kier alpha value is -4.83. The van der Waals surface area contributed by atoms with Gasteiger partial charge >= 0.3 is 0 Å². The van der Waals surface area contributed by atoms with Gasteiger partial charge in [0, 0.05) is 17.5 Å². The van der Waals surface area contributed by atoms with Crippen molar-refractivity contribution < 1.29 is 9.59 Å². The molecule has 5 aromatic carbocycles. The van der Waals surface area contributed by atoms with Crippen molar-refractivity contribution in [3.63, 3.8) is 0 Å². The highest BCUT2D eigenvalue weighted by molar-refractivity contribution is 6.27. The topological polar surface area (TPSA) is 49.7 Å². The monoisotopic (exact) mass is 518 g/mol. The molecule has 0 saturated carbocycles. The first-order chi connectivity index (χ1) is 19.7. The van der Waals surface area contributed by atoms with E-state index in [4.69, 9.17) is 4.99 Å². The molecule has 4 heteroatoms. The minimum absolute atomic E-state index is 0.124. The minimum Gasteiger partial charge on any atom is -0.291 e. The van der Waals surface area contributed by atoms with Crippen molar-refractivity contribution in [3.05, 3.63) is 149 Å². The molecular weight excluding hydrogens is 492 g/mol. The van der Waals surface area contributed by atoms with Crippen LogP contribution in [-0.4, -0.2) is 18.0 Å². The Morgan fingerprint density at radius 1 is 0.675 bits per heavy atom. The Morgan fingerprint density at radius 2 is 1.30 bits per heavy atom. The van der Waals surface area contributed by atoms with Crippen LogP contribution >= 0.6 is 0 Å². The van der Waals surface area contributed by atoms with Gasteiger partial charge in [0.1, 0.15) is 0 Å². The van der Waals surface area contributed by atoms with Gasteiger partial charge in [0.25, 0.3) is 0 Å². The van der Waals surface area contributed by atoms with Crippen LogP contribution in [0.15, 0.2) is 126 Å². The third-order valence-electron chi connectivity index (χ3n) is 9.10. The van der Waals surface area contributed by atoms with Crippen LogP contribution in [0.2, 0.25) is 0 Å². The molecule has 4 nitrogen and oxygen atoms in total. The summed E-state index contributed by atoms with van der Waals surface area (Å²) in [4.78, 5) is 35.7. The number of aliphatic imine (C=N–C) groups is 1. The Morgan fingerprint density at radius 3 is 2.05 bits per heavy atom. The zero-order valence-electron chi connectivity index (χ0n) is 21.8. The van der Waals surface area contributed by atoms with Crippen molar-refractivity contribution in [1.82, 2.24) is 0 Å². The number of amides is 2. The lowest BCUT2D eigenvalue weighted by molar-refractivity contribution is -0.122. The number of carbonyl (C=O) groups is 2. The molecule has 9 rings (SSSR count). The van der Waals surface area contributed by atoms with Crippen molar-refractivity contribution in [2.45, 2.75) is 17.9 Å². The van der Waals surface area contributed by atoms with Crippen LogP contribution in [0.3, 0.4) is 0 Å². The van der Waals surface area contributed by atoms with E-state index in [1.807, 2.05) is 91.1 Å². The van der Waals surface area contributed by atoms with Gasteiger partial charge in [-0.3, -0.25) is 14.6 Å². The van der Waals surface area contributed by atoms with Gasteiger partial charge in [-0.1, -0.05) is 115 Å². The molecule has 5 aromatic rings. The minimum atomic E-state index is -0.840. The number of benzene rings is 5. The molecule has 2 amide bonds. The summed E-state index contributed by atoms with van der Waals surface area (Å²) in [6.07, 6.45) is 1.99. The molecule has 1 aliphatic heterocycles. The Labute approximate surface area is 232 Å². The molecule has 2 bridgehead atoms. The summed E-state index contributed by atoms with van der Waals surface area (Å²) >= 11 is 0. The van der Waals surface area contributed by atoms with Crippen molar-refractivity contribution in [2.75, 3.05) is 4.90 Å². The van der Waals surface area contributed by atoms with E-state index in [1.54, 1.807) is 0 Å². The molecule has 192 valence electrons. The zero-order valence-corrected chi connectivity index (χ0v) is 21.8. The summed E-state index contributed by atoms with van der Waals surface area (Å²) in [7, 11) is 0. The van der Waals surface area contributed by atoms with Gasteiger partial charge in [-0.25, -0.2) is 4.90 Å². The normalized spacial score (nSPS) is 24.4. The van der Waals surface area contributed by atoms with Crippen molar-refractivity contribution in [3.8, 4) is 0 Å². The van der Waals surface area contributed by atoms with Crippen LogP contribution in [0.25, 0.3) is 10.8 Å². The third-order valence-corrected chi connectivity index (χ3v) is 9.10. The number of anilines is 1. The second kappa shape index (κ2) is 8.59. The van der Waals surface area contributed by atoms with E-state index in [0.29, 0.717) is 12.2 Å². The van der Waals surface area contributed by atoms with Crippen molar-refractivity contribution >= 4 is 34.5 Å². The fourth-order valence-corrected chi connectivity index (χ4v) is 7.57. The van der Waals surface area contributed by atoms with Gasteiger partial charge in [-0.2, -0.15) is 0 Å². The predicted octanol–water partition coefficient (Wildman–Crippen LogP) is 6.66. The zero-order chi connectivity index (χ0) is 26.8. The van der Waals surface area contributed by atoms with Crippen molar-refractivity contribution in [1.29, 1.82) is 0 Å². The second-order valence-corrected chi connectivity index (χ2v) is 11.0. The van der Waals surface area contributed by atoms with E-state index in [-0.39, 0.29) is 17.7 Å². The largest absolute Gasteiger partial charge is 0.291 e. The number of nitrogens with zero attached hydrogens (tertiary/aromatic N) is 2. The first-order valence-electron chi connectivity index (χ1n) is 13.8. The molecule has 0 radical (unpaired) electrons. The summed E-state index contributed by atoms with van der Waals surface area (Å²) < 4.78 is 0. The summed E-state index contributed by atoms with van der Waals surface area (Å²) in [5.74, 6) is -1.53. The van der Waals surface area contributed by atoms with Gasteiger partial charge in [-0.05, 0) is 39.3 Å². The second-order valence-electron chi connectivity index (χ2n) is 11.0. The standard InChI is InChI=1S/C36H26N2O2/c39-34-32-31-26-16-6-8-18-28(26)36(29-19-9-7-17-27(29)31,22-37-21-23-11-2-1-3-12-23)33(32)35(40)38(34)30-20-10-14-24-13-4-5-15-25(24)30/h1-20,22,31-33H,21H2/t31?,32-,33-,36?/m0/s1. The summed E-state index contributed by atoms with van der Waals surface area (Å²) in [5.41, 5.74) is 5.32. The lowest BCUT2D eigenvalue weighted by atomic mass is 9.47. The number of carbonyl (C=O) groups excluding carboxylic acids is 2. The van der Waals surface area contributed by atoms with Gasteiger partial charge < -0.3 is 0 Å². The quantitative estimate of drug-likeness (QED) is 0.197. The molecule has 40 heavy (non-hydrogen) atoms. The third kappa shape index (κ3) is 2.99. The molecule has 0 N–H and O–H groups in total. The number of imide groups is 1. The maximum Gasteiger partial charge on any atom is 0.239 e. The lowest BCUT2D eigenvalue weighted by Crippen LogP contribution is -2.54. The molecular formula is C36H26N2O2. The molecule has 0 aromatic heterocycles.